The van der Waals surface area contributed by atoms with Gasteiger partial charge < -0.3 is 15.5 Å². The van der Waals surface area contributed by atoms with Crippen molar-refractivity contribution in [2.75, 3.05) is 19.6 Å². The summed E-state index contributed by atoms with van der Waals surface area (Å²) >= 11 is 2.37. The van der Waals surface area contributed by atoms with Crippen LogP contribution in [0.4, 0.5) is 0 Å². The molecule has 1 saturated carbocycles. The molecule has 0 unspecified atom stereocenters. The lowest BCUT2D eigenvalue weighted by Gasteiger charge is -2.29. The van der Waals surface area contributed by atoms with Crippen molar-refractivity contribution in [3.63, 3.8) is 0 Å². The van der Waals surface area contributed by atoms with E-state index >= 15 is 0 Å². The molecule has 0 spiro atoms. The van der Waals surface area contributed by atoms with Crippen LogP contribution >= 0.6 is 22.6 Å². The maximum atomic E-state index is 14.0. The predicted octanol–water partition coefficient (Wildman–Crippen LogP) is 7.62. The summed E-state index contributed by atoms with van der Waals surface area (Å²) < 4.78 is 0.970. The molecule has 1 saturated heterocycles. The van der Waals surface area contributed by atoms with E-state index in [0.717, 1.165) is 53.3 Å². The highest BCUT2D eigenvalue weighted by Crippen LogP contribution is 2.29. The second-order valence-corrected chi connectivity index (χ2v) is 13.1. The Bertz CT molecular complexity index is 1320. The number of amides is 2. The van der Waals surface area contributed by atoms with E-state index in [-0.39, 0.29) is 23.9 Å². The largest absolute Gasteiger partial charge is 0.350 e. The number of alkyl halides is 1. The van der Waals surface area contributed by atoms with Gasteiger partial charge in [-0.25, -0.2) is 0 Å². The van der Waals surface area contributed by atoms with Crippen molar-refractivity contribution in [3.05, 3.63) is 83.4 Å². The molecule has 0 bridgehead atoms. The maximum absolute atomic E-state index is 14.0. The van der Waals surface area contributed by atoms with Gasteiger partial charge in [0, 0.05) is 41.6 Å². The lowest BCUT2D eigenvalue weighted by molar-refractivity contribution is -0.133. The van der Waals surface area contributed by atoms with Gasteiger partial charge in [-0.15, -0.1) is 0 Å². The van der Waals surface area contributed by atoms with Gasteiger partial charge in [0.25, 0.3) is 5.91 Å². The van der Waals surface area contributed by atoms with Gasteiger partial charge in [-0.05, 0) is 65.6 Å². The zero-order valence-electron chi connectivity index (χ0n) is 25.0. The first-order valence-corrected chi connectivity index (χ1v) is 17.5. The van der Waals surface area contributed by atoms with Gasteiger partial charge in [-0.1, -0.05) is 116 Å². The lowest BCUT2D eigenvalue weighted by Crippen LogP contribution is -2.49. The highest BCUT2D eigenvalue weighted by atomic mass is 127. The predicted molar refractivity (Wildman–Crippen MR) is 181 cm³/mol. The van der Waals surface area contributed by atoms with E-state index < -0.39 is 0 Å². The summed E-state index contributed by atoms with van der Waals surface area (Å²) in [4.78, 5) is 29.3. The molecule has 2 amide bonds. The number of nitrogens with one attached hydrogen (secondary N) is 2. The molecule has 5 nitrogen and oxygen atoms in total. The smallest absolute Gasteiger partial charge is 0.251 e. The molecule has 1 aliphatic carbocycles. The Kier molecular flexibility index (Phi) is 11.3. The number of nitrogens with zero attached hydrogens (tertiary/aromatic N) is 1. The zero-order valence-corrected chi connectivity index (χ0v) is 27.2. The molecule has 2 aliphatic rings. The average molecular weight is 680 g/mol. The second kappa shape index (κ2) is 15.3. The first-order valence-electron chi connectivity index (χ1n) is 16.0. The van der Waals surface area contributed by atoms with Crippen molar-refractivity contribution in [1.82, 2.24) is 15.5 Å². The number of hydrogen-bond donors (Lipinski definition) is 2. The molecule has 3 aromatic rings. The van der Waals surface area contributed by atoms with E-state index in [0.29, 0.717) is 24.6 Å². The van der Waals surface area contributed by atoms with E-state index in [4.69, 9.17) is 0 Å². The number of fused-ring (bicyclic) bond motifs is 1. The quantitative estimate of drug-likeness (QED) is 0.162. The van der Waals surface area contributed by atoms with Crippen LogP contribution in [0.2, 0.25) is 0 Å². The Labute approximate surface area is 265 Å². The normalized spacial score (nSPS) is 20.8. The van der Waals surface area contributed by atoms with Crippen LogP contribution in [0.1, 0.15) is 92.1 Å². The number of halogens is 1. The number of benzene rings is 3. The summed E-state index contributed by atoms with van der Waals surface area (Å²) in [6.45, 7) is 4.19. The van der Waals surface area contributed by atoms with Crippen LogP contribution in [0.15, 0.2) is 66.7 Å². The van der Waals surface area contributed by atoms with Crippen molar-refractivity contribution in [2.24, 2.45) is 5.92 Å². The van der Waals surface area contributed by atoms with Crippen molar-refractivity contribution in [1.29, 1.82) is 0 Å². The summed E-state index contributed by atoms with van der Waals surface area (Å²) in [7, 11) is 0. The van der Waals surface area contributed by atoms with Gasteiger partial charge in [-0.2, -0.15) is 0 Å². The lowest BCUT2D eigenvalue weighted by atomic mass is 9.85. The Morgan fingerprint density at radius 1 is 0.976 bits per heavy atom. The monoisotopic (exact) mass is 679 g/mol. The molecular formula is C36H46IN3O2. The van der Waals surface area contributed by atoms with Crippen molar-refractivity contribution in [2.45, 2.75) is 87.1 Å². The molecule has 1 heterocycles. The number of carbonyl (C=O) groups excluding carboxylic acids is 2. The van der Waals surface area contributed by atoms with Crippen LogP contribution < -0.4 is 10.6 Å². The third-order valence-electron chi connectivity index (χ3n) is 9.42. The molecule has 0 radical (unpaired) electrons. The molecule has 2 N–H and O–H groups in total. The van der Waals surface area contributed by atoms with E-state index in [2.05, 4.69) is 93.6 Å². The first kappa shape index (κ1) is 31.0. The minimum atomic E-state index is -0.197. The maximum Gasteiger partial charge on any atom is 0.251 e. The van der Waals surface area contributed by atoms with Gasteiger partial charge in [0.05, 0.1) is 6.04 Å². The molecule has 2 fully saturated rings. The van der Waals surface area contributed by atoms with Gasteiger partial charge in [0.15, 0.2) is 0 Å². The summed E-state index contributed by atoms with van der Waals surface area (Å²) in [6.07, 6.45) is 10.4. The SMILES string of the molecule is CC[C@H](CN1CC[C@@H](CNC(=O)c2ccc3cc(CI)ccc3c2)N[C@@H](CCC2CCCCC2)C1=O)c1ccccc1. The molecule has 42 heavy (non-hydrogen) atoms. The summed E-state index contributed by atoms with van der Waals surface area (Å²) in [5.41, 5.74) is 3.27. The van der Waals surface area contributed by atoms with Gasteiger partial charge >= 0.3 is 0 Å². The van der Waals surface area contributed by atoms with Crippen LogP contribution in [0.3, 0.4) is 0 Å². The topological polar surface area (TPSA) is 61.4 Å². The summed E-state index contributed by atoms with van der Waals surface area (Å²) in [6, 6.07) is 22.8. The Hall–Kier alpha value is -2.45. The Balaban J connectivity index is 1.25. The fourth-order valence-electron chi connectivity index (χ4n) is 6.81. The first-order chi connectivity index (χ1) is 20.5. The van der Waals surface area contributed by atoms with E-state index in [1.54, 1.807) is 0 Å². The fourth-order valence-corrected chi connectivity index (χ4v) is 7.28. The minimum absolute atomic E-state index is 0.0574. The highest BCUT2D eigenvalue weighted by molar-refractivity contribution is 14.1. The van der Waals surface area contributed by atoms with Crippen molar-refractivity contribution < 1.29 is 9.59 Å². The summed E-state index contributed by atoms with van der Waals surface area (Å²) in [5, 5.41) is 9.13. The Morgan fingerprint density at radius 3 is 2.50 bits per heavy atom. The summed E-state index contributed by atoms with van der Waals surface area (Å²) in [5.74, 6) is 1.23. The molecule has 6 heteroatoms. The third-order valence-corrected chi connectivity index (χ3v) is 10.3. The molecular weight excluding hydrogens is 633 g/mol. The van der Waals surface area contributed by atoms with Crippen LogP contribution in [0.25, 0.3) is 10.8 Å². The van der Waals surface area contributed by atoms with Crippen molar-refractivity contribution in [3.8, 4) is 0 Å². The zero-order chi connectivity index (χ0) is 29.3. The van der Waals surface area contributed by atoms with Crippen LogP contribution in [0.5, 0.6) is 0 Å². The average Bonchev–Trinajstić information content (AvgIpc) is 3.19. The molecule has 5 rings (SSSR count). The minimum Gasteiger partial charge on any atom is -0.350 e. The molecule has 0 aromatic heterocycles. The van der Waals surface area contributed by atoms with Gasteiger partial charge in [0.2, 0.25) is 5.91 Å². The van der Waals surface area contributed by atoms with Gasteiger partial charge in [0.1, 0.15) is 0 Å². The second-order valence-electron chi connectivity index (χ2n) is 12.3. The van der Waals surface area contributed by atoms with E-state index in [9.17, 15) is 9.59 Å². The van der Waals surface area contributed by atoms with Gasteiger partial charge in [-0.3, -0.25) is 9.59 Å². The standard InChI is InChI=1S/C36H46IN3O2/c1-2-28(29-11-7-4-8-12-29)25-40-20-19-33(39-34(36(40)42)18-14-26-9-5-3-6-10-26)24-38-35(41)32-17-16-30-21-27(23-37)13-15-31(30)22-32/h4,7-8,11-13,15-17,21-22,26,28,33-34,39H,2-3,5-6,9-10,14,18-20,23-25H2,1H3,(H,38,41)/t28-,33+,34+/m1/s1. The molecule has 1 aliphatic heterocycles. The van der Waals surface area contributed by atoms with E-state index in [1.807, 2.05) is 18.2 Å². The Morgan fingerprint density at radius 2 is 1.74 bits per heavy atom. The number of carbonyl (C=O) groups is 2. The molecule has 3 aromatic carbocycles. The van der Waals surface area contributed by atoms with E-state index in [1.165, 1.54) is 43.2 Å². The third kappa shape index (κ3) is 8.13. The highest BCUT2D eigenvalue weighted by Gasteiger charge is 2.32. The molecule has 3 atom stereocenters. The number of rotatable bonds is 11. The van der Waals surface area contributed by atoms with Crippen LogP contribution in [-0.4, -0.2) is 48.4 Å². The van der Waals surface area contributed by atoms with Crippen LogP contribution in [0, 0.1) is 5.92 Å². The fraction of sp³-hybridized carbons (Fsp3) is 0.500. The number of hydrogen-bond acceptors (Lipinski definition) is 3. The van der Waals surface area contributed by atoms with Crippen LogP contribution in [-0.2, 0) is 9.22 Å². The molecule has 224 valence electrons. The van der Waals surface area contributed by atoms with Crippen molar-refractivity contribution >= 4 is 45.2 Å².